The summed E-state index contributed by atoms with van der Waals surface area (Å²) in [7, 11) is 5.49. The number of hydrogen-bond donors (Lipinski definition) is 1. The number of rotatable bonds is 7. The first-order valence-corrected chi connectivity index (χ1v) is 14.9. The van der Waals surface area contributed by atoms with Crippen molar-refractivity contribution in [2.45, 2.75) is 25.7 Å². The van der Waals surface area contributed by atoms with Crippen LogP contribution in [0.3, 0.4) is 0 Å². The van der Waals surface area contributed by atoms with Crippen LogP contribution in [0.4, 0.5) is 22.7 Å². The summed E-state index contributed by atoms with van der Waals surface area (Å²) in [6, 6.07) is 4.98. The van der Waals surface area contributed by atoms with Crippen LogP contribution in [0, 0.1) is 38.0 Å². The Kier molecular flexibility index (Phi) is 7.65. The average Bonchev–Trinajstić information content (AvgIpc) is 3.31. The maximum Gasteiger partial charge on any atom is 0.301 e. The number of nitro groups is 2. The van der Waals surface area contributed by atoms with Gasteiger partial charge in [0.25, 0.3) is 0 Å². The van der Waals surface area contributed by atoms with E-state index in [0.29, 0.717) is 11.1 Å². The van der Waals surface area contributed by atoms with Crippen molar-refractivity contribution in [2.24, 2.45) is 17.8 Å². The van der Waals surface area contributed by atoms with Crippen molar-refractivity contribution in [3.8, 4) is 17.2 Å². The number of carbonyl (C=O) groups excluding carboxylic acids is 4. The number of ketones is 2. The lowest BCUT2D eigenvalue weighted by Gasteiger charge is -2.42. The van der Waals surface area contributed by atoms with E-state index in [1.54, 1.807) is 6.08 Å². The first kappa shape index (κ1) is 32.1. The molecular formula is C33H30N4O11. The predicted molar refractivity (Wildman–Crippen MR) is 169 cm³/mol. The summed E-state index contributed by atoms with van der Waals surface area (Å²) in [5, 5.41) is 34.7. The highest BCUT2D eigenvalue weighted by Crippen LogP contribution is 2.57. The van der Waals surface area contributed by atoms with Crippen LogP contribution in [-0.4, -0.2) is 66.6 Å². The smallest absolute Gasteiger partial charge is 0.301 e. The van der Waals surface area contributed by atoms with Crippen molar-refractivity contribution in [1.29, 1.82) is 0 Å². The van der Waals surface area contributed by atoms with Gasteiger partial charge in [-0.05, 0) is 49.5 Å². The Bertz CT molecular complexity index is 1910. The van der Waals surface area contributed by atoms with Crippen LogP contribution in [0.15, 0.2) is 58.7 Å². The first-order valence-electron chi connectivity index (χ1n) is 14.9. The largest absolute Gasteiger partial charge is 0.502 e. The molecule has 1 saturated heterocycles. The molecule has 0 radical (unpaired) electrons. The van der Waals surface area contributed by atoms with E-state index in [-0.39, 0.29) is 64.0 Å². The summed E-state index contributed by atoms with van der Waals surface area (Å²) < 4.78 is 10.7. The van der Waals surface area contributed by atoms with Crippen LogP contribution < -0.4 is 19.3 Å². The Balaban J connectivity index is 1.51. The number of aromatic hydroxyl groups is 1. The Labute approximate surface area is 273 Å². The molecule has 48 heavy (non-hydrogen) atoms. The van der Waals surface area contributed by atoms with Gasteiger partial charge in [-0.25, -0.2) is 4.90 Å². The van der Waals surface area contributed by atoms with Gasteiger partial charge in [-0.15, -0.1) is 0 Å². The standard InChI is InChI=1S/C33H30N4O11/c1-14-8-23(38)28-20(30(14)39)13-19-17(26(28)15-9-24(47-4)31(40)25(10-15)48-5)6-7-18-27(19)33(42)35(32(18)41)16-11-21(36(43)44)29(34(2)3)22(12-16)37(45)46/h6,8-12,18-19,26-27,40H,7,13H2,1-5H3/t18-,19+,26-,27-/m0/s1. The van der Waals surface area contributed by atoms with Crippen LogP contribution in [0.2, 0.25) is 0 Å². The second-order valence-electron chi connectivity index (χ2n) is 12.3. The maximum absolute atomic E-state index is 14.3. The van der Waals surface area contributed by atoms with Crippen LogP contribution in [-0.2, 0) is 19.2 Å². The monoisotopic (exact) mass is 658 g/mol. The molecule has 0 saturated carbocycles. The second kappa shape index (κ2) is 11.4. The van der Waals surface area contributed by atoms with Gasteiger partial charge < -0.3 is 19.5 Å². The zero-order valence-corrected chi connectivity index (χ0v) is 26.5. The third-order valence-electron chi connectivity index (χ3n) is 9.55. The van der Waals surface area contributed by atoms with E-state index in [0.717, 1.165) is 17.0 Å². The number of phenols is 1. The van der Waals surface area contributed by atoms with E-state index in [1.807, 2.05) is 0 Å². The van der Waals surface area contributed by atoms with Gasteiger partial charge in [0.15, 0.2) is 28.8 Å². The molecule has 1 N–H and O–H groups in total. The van der Waals surface area contributed by atoms with E-state index in [9.17, 15) is 44.5 Å². The maximum atomic E-state index is 14.3. The van der Waals surface area contributed by atoms with Crippen LogP contribution in [0.5, 0.6) is 17.2 Å². The summed E-state index contributed by atoms with van der Waals surface area (Å²) >= 11 is 0. The molecular weight excluding hydrogens is 628 g/mol. The highest BCUT2D eigenvalue weighted by molar-refractivity contribution is 6.25. The number of Topliss-reactive ketones (excluding diaryl/α,β-unsaturated/α-hetero) is 1. The number of hydrogen-bond acceptors (Lipinski definition) is 12. The Hall–Kier alpha value is -5.86. The van der Waals surface area contributed by atoms with Crippen LogP contribution in [0.25, 0.3) is 0 Å². The van der Waals surface area contributed by atoms with E-state index in [1.165, 1.54) is 58.3 Å². The second-order valence-corrected chi connectivity index (χ2v) is 12.3. The van der Waals surface area contributed by atoms with Gasteiger partial charge in [0.1, 0.15) is 0 Å². The Morgan fingerprint density at radius 3 is 2.02 bits per heavy atom. The van der Waals surface area contributed by atoms with E-state index >= 15 is 0 Å². The molecule has 3 aliphatic carbocycles. The fourth-order valence-corrected chi connectivity index (χ4v) is 7.55. The number of allylic oxidation sites excluding steroid dienone is 6. The first-order chi connectivity index (χ1) is 22.7. The minimum Gasteiger partial charge on any atom is -0.502 e. The van der Waals surface area contributed by atoms with Gasteiger partial charge in [0.05, 0.1) is 41.6 Å². The van der Waals surface area contributed by atoms with Crippen molar-refractivity contribution < 1.29 is 43.6 Å². The molecule has 4 atom stereocenters. The molecule has 15 heteroatoms. The van der Waals surface area contributed by atoms with Gasteiger partial charge >= 0.3 is 11.4 Å². The number of nitrogens with zero attached hydrogens (tertiary/aromatic N) is 4. The van der Waals surface area contributed by atoms with E-state index in [4.69, 9.17) is 9.47 Å². The minimum atomic E-state index is -1.05. The summed E-state index contributed by atoms with van der Waals surface area (Å²) in [5.41, 5.74) is -0.266. The topological polar surface area (TPSA) is 200 Å². The zero-order chi connectivity index (χ0) is 34.9. The summed E-state index contributed by atoms with van der Waals surface area (Å²) in [5.74, 6) is -5.98. The zero-order valence-electron chi connectivity index (χ0n) is 26.5. The molecule has 1 aliphatic heterocycles. The lowest BCUT2D eigenvalue weighted by atomic mass is 9.59. The molecule has 248 valence electrons. The predicted octanol–water partition coefficient (Wildman–Crippen LogP) is 3.93. The molecule has 0 spiro atoms. The number of nitro benzene ring substituents is 2. The van der Waals surface area contributed by atoms with Gasteiger partial charge in [0.2, 0.25) is 17.6 Å². The van der Waals surface area contributed by atoms with Crippen molar-refractivity contribution in [3.63, 3.8) is 0 Å². The number of benzene rings is 2. The summed E-state index contributed by atoms with van der Waals surface area (Å²) in [6.07, 6.45) is 3.05. The third-order valence-corrected chi connectivity index (χ3v) is 9.55. The number of methoxy groups -OCH3 is 2. The molecule has 1 fully saturated rings. The molecule has 2 aromatic rings. The quantitative estimate of drug-likeness (QED) is 0.148. The summed E-state index contributed by atoms with van der Waals surface area (Å²) in [4.78, 5) is 79.8. The van der Waals surface area contributed by atoms with Gasteiger partial charge in [0, 0.05) is 48.9 Å². The molecule has 1 heterocycles. The number of anilines is 2. The van der Waals surface area contributed by atoms with Crippen LogP contribution in [0.1, 0.15) is 31.2 Å². The Morgan fingerprint density at radius 2 is 1.50 bits per heavy atom. The normalized spacial score (nSPS) is 23.2. The van der Waals surface area contributed by atoms with Crippen molar-refractivity contribution in [2.75, 3.05) is 38.1 Å². The SMILES string of the molecule is COc1cc([C@H]2C3=CC[C@@H]4C(=O)N(c5cc([N+](=O)[O-])c(N(C)C)c([N+](=O)[O-])c5)C(=O)[C@@H]4[C@@H]3CC3=C2C(=O)C=C(C)C3=O)cc(OC)c1O. The average molecular weight is 659 g/mol. The molecule has 0 bridgehead atoms. The highest BCUT2D eigenvalue weighted by atomic mass is 16.6. The molecule has 2 amide bonds. The molecule has 15 nitrogen and oxygen atoms in total. The number of amides is 2. The highest BCUT2D eigenvalue weighted by Gasteiger charge is 2.57. The van der Waals surface area contributed by atoms with E-state index < -0.39 is 62.5 Å². The van der Waals surface area contributed by atoms with Crippen LogP contribution >= 0.6 is 0 Å². The molecule has 4 aliphatic rings. The number of carbonyl (C=O) groups is 4. The fraction of sp³-hybridized carbons (Fsp3) is 0.333. The lowest BCUT2D eigenvalue weighted by molar-refractivity contribution is -0.392. The number of imide groups is 1. The van der Waals surface area contributed by atoms with Gasteiger partial charge in [-0.1, -0.05) is 11.6 Å². The third kappa shape index (κ3) is 4.64. The van der Waals surface area contributed by atoms with Crippen molar-refractivity contribution >= 4 is 46.1 Å². The Morgan fingerprint density at radius 1 is 0.917 bits per heavy atom. The van der Waals surface area contributed by atoms with Crippen molar-refractivity contribution in [3.05, 3.63) is 84.5 Å². The molecule has 2 aromatic carbocycles. The number of fused-ring (bicyclic) bond motifs is 3. The van der Waals surface area contributed by atoms with Gasteiger partial charge in [-0.3, -0.25) is 39.4 Å². The fourth-order valence-electron chi connectivity index (χ4n) is 7.55. The minimum absolute atomic E-state index is 0.0341. The van der Waals surface area contributed by atoms with E-state index in [2.05, 4.69) is 0 Å². The summed E-state index contributed by atoms with van der Waals surface area (Å²) in [6.45, 7) is 1.52. The molecule has 6 rings (SSSR count). The van der Waals surface area contributed by atoms with Gasteiger partial charge in [-0.2, -0.15) is 0 Å². The van der Waals surface area contributed by atoms with Crippen molar-refractivity contribution in [1.82, 2.24) is 0 Å². The molecule has 0 aromatic heterocycles. The number of ether oxygens (including phenoxy) is 2. The molecule has 0 unspecified atom stereocenters. The number of phenolic OH excluding ortho intramolecular Hbond substituents is 1. The lowest BCUT2D eigenvalue weighted by Crippen LogP contribution is -2.39.